The minimum Gasteiger partial charge on any atom is -0.290 e. The van der Waals surface area contributed by atoms with Crippen LogP contribution >= 0.6 is 0 Å². The zero-order chi connectivity index (χ0) is 51.3. The topological polar surface area (TPSA) is 127 Å². The number of hydrogen-bond donors (Lipinski definition) is 0. The van der Waals surface area contributed by atoms with E-state index in [9.17, 15) is 28.8 Å². The van der Waals surface area contributed by atoms with E-state index in [1.165, 1.54) is 36.5 Å². The van der Waals surface area contributed by atoms with Crippen molar-refractivity contribution in [3.05, 3.63) is 203 Å². The maximum Gasteiger partial charge on any atom is 0.194 e. The maximum atomic E-state index is 12.1. The van der Waals surface area contributed by atoms with Crippen molar-refractivity contribution in [1.82, 2.24) is 0 Å². The van der Waals surface area contributed by atoms with E-state index in [2.05, 4.69) is 10.2 Å². The number of ketones is 6. The van der Waals surface area contributed by atoms with Gasteiger partial charge in [-0.05, 0) is 60.7 Å². The molecule has 0 amide bonds. The molecule has 3 aliphatic carbocycles. The number of hydrogen-bond acceptors (Lipinski definition) is 8. The molecule has 3 aliphatic rings. The molecule has 0 aromatic heterocycles. The van der Waals surface area contributed by atoms with Crippen molar-refractivity contribution in [3.63, 3.8) is 0 Å². The van der Waals surface area contributed by atoms with Gasteiger partial charge >= 0.3 is 0 Å². The summed E-state index contributed by atoms with van der Waals surface area (Å²) in [5.41, 5.74) is 4.78. The van der Waals surface area contributed by atoms with Crippen molar-refractivity contribution in [3.8, 4) is 0 Å². The Bertz CT molecular complexity index is 2000. The molecule has 0 heterocycles. The van der Waals surface area contributed by atoms with Crippen LogP contribution in [0.3, 0.4) is 0 Å². The Labute approximate surface area is 397 Å². The molecule has 0 N–H and O–H groups in total. The van der Waals surface area contributed by atoms with Gasteiger partial charge in [0, 0.05) is 33.4 Å². The summed E-state index contributed by atoms with van der Waals surface area (Å²) in [6.07, 6.45) is 7.63. The van der Waals surface area contributed by atoms with Crippen LogP contribution in [0.1, 0.15) is 163 Å². The van der Waals surface area contributed by atoms with Gasteiger partial charge in [-0.25, -0.2) is 0 Å². The highest BCUT2D eigenvalue weighted by molar-refractivity contribution is 6.28. The summed E-state index contributed by atoms with van der Waals surface area (Å²) in [6, 6.07) is 40.1. The number of rotatable bonds is 2. The summed E-state index contributed by atoms with van der Waals surface area (Å²) in [7, 11) is 0. The van der Waals surface area contributed by atoms with E-state index in [1.807, 2.05) is 171 Å². The van der Waals surface area contributed by atoms with Crippen LogP contribution in [0.15, 0.2) is 180 Å². The second-order valence-electron chi connectivity index (χ2n) is 10.7. The largest absolute Gasteiger partial charge is 0.290 e. The van der Waals surface area contributed by atoms with Gasteiger partial charge in [0.15, 0.2) is 34.7 Å². The Morgan fingerprint density at radius 3 is 0.667 bits per heavy atom. The smallest absolute Gasteiger partial charge is 0.194 e. The van der Waals surface area contributed by atoms with Gasteiger partial charge in [-0.15, -0.1) is 0 Å². The first kappa shape index (κ1) is 65.6. The van der Waals surface area contributed by atoms with E-state index in [0.717, 1.165) is 11.4 Å². The number of benzene rings is 5. The van der Waals surface area contributed by atoms with Crippen LogP contribution in [0.2, 0.25) is 0 Å². The normalized spacial score (nSPS) is 11.0. The molecule has 354 valence electrons. The molecular weight excluding hydrogens is 821 g/mol. The second-order valence-corrected chi connectivity index (χ2v) is 10.7. The van der Waals surface area contributed by atoms with Crippen LogP contribution in [-0.2, 0) is 9.59 Å². The lowest BCUT2D eigenvalue weighted by molar-refractivity contribution is -0.113. The van der Waals surface area contributed by atoms with Crippen LogP contribution in [-0.4, -0.2) is 34.7 Å². The van der Waals surface area contributed by atoms with E-state index in [1.54, 1.807) is 72.8 Å². The van der Waals surface area contributed by atoms with Gasteiger partial charge in [-0.2, -0.15) is 10.2 Å². The molecule has 0 spiro atoms. The van der Waals surface area contributed by atoms with Gasteiger partial charge in [0.25, 0.3) is 0 Å². The van der Waals surface area contributed by atoms with Crippen molar-refractivity contribution in [2.75, 3.05) is 0 Å². The van der Waals surface area contributed by atoms with Crippen molar-refractivity contribution in [2.45, 2.75) is 111 Å². The molecule has 0 aliphatic heterocycles. The van der Waals surface area contributed by atoms with Gasteiger partial charge in [0.1, 0.15) is 0 Å². The highest BCUT2D eigenvalue weighted by Crippen LogP contribution is 2.26. The summed E-state index contributed by atoms with van der Waals surface area (Å²) < 4.78 is 0. The summed E-state index contributed by atoms with van der Waals surface area (Å²) in [4.78, 5) is 67.2. The lowest BCUT2D eigenvalue weighted by Gasteiger charge is -2.16. The van der Waals surface area contributed by atoms with E-state index >= 15 is 0 Å². The average molecular weight is 897 g/mol. The fourth-order valence-electron chi connectivity index (χ4n) is 4.84. The zero-order valence-electron chi connectivity index (χ0n) is 42.5. The molecule has 0 unspecified atom stereocenters. The van der Waals surface area contributed by atoms with Crippen molar-refractivity contribution < 1.29 is 28.8 Å². The Kier molecular flexibility index (Phi) is 44.2. The molecule has 0 saturated carbocycles. The third-order valence-electron chi connectivity index (χ3n) is 7.29. The fraction of sp³-hybridized carbons (Fsp3) is 0.276. The fourth-order valence-corrected chi connectivity index (χ4v) is 4.84. The summed E-state index contributed by atoms with van der Waals surface area (Å²) in [5.74, 6) is -0.554. The second kappa shape index (κ2) is 44.5. The van der Waals surface area contributed by atoms with Gasteiger partial charge in [0.05, 0.1) is 11.4 Å². The van der Waals surface area contributed by atoms with E-state index < -0.39 is 0 Å². The predicted molar refractivity (Wildman–Crippen MR) is 280 cm³/mol. The van der Waals surface area contributed by atoms with Crippen molar-refractivity contribution in [1.29, 1.82) is 0 Å². The standard InChI is InChI=1S/C14H8O2.C12H10N2.C10H6O2.C6H4O2.8C2H6/c15-13-9-5-1-2-6-10(9)14(16)12-8-4-3-7-11(12)13;1-3-7-11(8-4-1)13-14-12-9-5-2-6-10-12;11-9-5-6-10(12)8-4-2-1-3-7(8)9;7-5-1-2-6(8)4-3-5;8*1-2/h1-8H;1-10H;1-6H;1-4H;8*1-2H3. The van der Waals surface area contributed by atoms with E-state index in [4.69, 9.17) is 0 Å². The first-order chi connectivity index (χ1) is 32.3. The number of fused-ring (bicyclic) bond motifs is 3. The minimum atomic E-state index is -0.121. The first-order valence-electron chi connectivity index (χ1n) is 23.4. The Balaban J connectivity index is -0.000000357. The summed E-state index contributed by atoms with van der Waals surface area (Å²) in [5, 5.41) is 8.20. The van der Waals surface area contributed by atoms with Crippen molar-refractivity contribution >= 4 is 46.1 Å². The summed E-state index contributed by atoms with van der Waals surface area (Å²) in [6.45, 7) is 32.0. The number of nitrogens with zero attached hydrogens (tertiary/aromatic N) is 2. The molecule has 0 radical (unpaired) electrons. The van der Waals surface area contributed by atoms with Crippen molar-refractivity contribution in [2.24, 2.45) is 10.2 Å². The summed E-state index contributed by atoms with van der Waals surface area (Å²) >= 11 is 0. The number of carbonyl (C=O) groups is 6. The Hall–Kier alpha value is -7.06. The van der Waals surface area contributed by atoms with Gasteiger partial charge < -0.3 is 0 Å². The molecule has 0 saturated heterocycles. The van der Waals surface area contributed by atoms with Crippen LogP contribution in [0.25, 0.3) is 0 Å². The van der Waals surface area contributed by atoms with E-state index in [0.29, 0.717) is 33.4 Å². The number of azo groups is 1. The quantitative estimate of drug-likeness (QED) is 0.126. The molecule has 8 rings (SSSR count). The molecule has 66 heavy (non-hydrogen) atoms. The highest BCUT2D eigenvalue weighted by Gasteiger charge is 2.28. The average Bonchev–Trinajstić information content (AvgIpc) is 3.43. The maximum absolute atomic E-state index is 12.1. The van der Waals surface area contributed by atoms with Crippen LogP contribution in [0.4, 0.5) is 11.4 Å². The SMILES string of the molecule is CC.CC.CC.CC.CC.CC.CC.CC.O=C1C=CC(=O)C=C1.O=C1C=CC(=O)c2ccccc21.O=C1c2ccccc2C(=O)c2ccccc21.c1ccc(N=Nc2ccccc2)cc1. The number of carbonyl (C=O) groups excluding carboxylic acids is 6. The Morgan fingerprint density at radius 1 is 0.242 bits per heavy atom. The van der Waals surface area contributed by atoms with Gasteiger partial charge in [0.2, 0.25) is 0 Å². The lowest BCUT2D eigenvalue weighted by atomic mass is 9.84. The highest BCUT2D eigenvalue weighted by atomic mass is 16.2. The molecule has 0 fully saturated rings. The van der Waals surface area contributed by atoms with Gasteiger partial charge in [-0.1, -0.05) is 220 Å². The lowest BCUT2D eigenvalue weighted by Crippen LogP contribution is -2.20. The predicted octanol–water partition coefficient (Wildman–Crippen LogP) is 16.6. The molecular formula is C58H76N2O6. The molecule has 0 atom stereocenters. The third kappa shape index (κ3) is 24.1. The van der Waals surface area contributed by atoms with E-state index in [-0.39, 0.29) is 34.7 Å². The monoisotopic (exact) mass is 897 g/mol. The first-order valence-corrected chi connectivity index (χ1v) is 23.4. The van der Waals surface area contributed by atoms with Crippen LogP contribution in [0.5, 0.6) is 0 Å². The molecule has 0 bridgehead atoms. The number of allylic oxidation sites excluding steroid dienone is 6. The van der Waals surface area contributed by atoms with Gasteiger partial charge in [-0.3, -0.25) is 28.8 Å². The Morgan fingerprint density at radius 2 is 0.439 bits per heavy atom. The third-order valence-corrected chi connectivity index (χ3v) is 7.29. The minimum absolute atomic E-state index is 0.0641. The van der Waals surface area contributed by atoms with Crippen LogP contribution in [0, 0.1) is 0 Å². The molecule has 8 nitrogen and oxygen atoms in total. The molecule has 8 heteroatoms. The van der Waals surface area contributed by atoms with Crippen LogP contribution < -0.4 is 0 Å². The zero-order valence-corrected chi connectivity index (χ0v) is 42.5. The molecule has 5 aromatic rings. The molecule has 5 aromatic carbocycles.